The van der Waals surface area contributed by atoms with Crippen molar-refractivity contribution in [2.75, 3.05) is 13.6 Å². The minimum atomic E-state index is -0.0968. The van der Waals surface area contributed by atoms with E-state index in [9.17, 15) is 4.79 Å². The van der Waals surface area contributed by atoms with E-state index in [1.807, 2.05) is 24.3 Å². The Morgan fingerprint density at radius 1 is 1.50 bits per heavy atom. The van der Waals surface area contributed by atoms with Crippen LogP contribution in [0, 0.1) is 0 Å². The second kappa shape index (κ2) is 4.32. The molecule has 5 heteroatoms. The monoisotopic (exact) mass is 218 g/mol. The number of fused-ring (bicyclic) bond motifs is 1. The molecule has 0 bridgehead atoms. The minimum absolute atomic E-state index is 0.0245. The van der Waals surface area contributed by atoms with Crippen molar-refractivity contribution in [3.05, 3.63) is 30.1 Å². The van der Waals surface area contributed by atoms with Crippen molar-refractivity contribution in [1.29, 1.82) is 0 Å². The van der Waals surface area contributed by atoms with Crippen molar-refractivity contribution >= 4 is 16.9 Å². The van der Waals surface area contributed by atoms with Crippen LogP contribution in [0.5, 0.6) is 0 Å². The third-order valence-electron chi connectivity index (χ3n) is 2.43. The maximum atomic E-state index is 11.3. The first-order valence-corrected chi connectivity index (χ1v) is 5.08. The molecule has 16 heavy (non-hydrogen) atoms. The van der Waals surface area contributed by atoms with Crippen LogP contribution in [0.25, 0.3) is 11.0 Å². The first kappa shape index (κ1) is 10.6. The number of likely N-dealkylation sites (N-methyl/N-ethyl adjacent to an activating group) is 1. The zero-order valence-electron chi connectivity index (χ0n) is 9.10. The second-order valence-electron chi connectivity index (χ2n) is 3.65. The fourth-order valence-corrected chi connectivity index (χ4v) is 1.55. The van der Waals surface area contributed by atoms with Gasteiger partial charge in [0.05, 0.1) is 24.1 Å². The Labute approximate surface area is 93.3 Å². The maximum Gasteiger partial charge on any atom is 0.236 e. The molecular weight excluding hydrogens is 204 g/mol. The van der Waals surface area contributed by atoms with E-state index in [2.05, 4.69) is 9.97 Å². The number of imidazole rings is 1. The summed E-state index contributed by atoms with van der Waals surface area (Å²) in [7, 11) is 1.71. The van der Waals surface area contributed by atoms with Crippen molar-refractivity contribution in [2.24, 2.45) is 5.73 Å². The van der Waals surface area contributed by atoms with Crippen LogP contribution in [0.4, 0.5) is 0 Å². The van der Waals surface area contributed by atoms with Gasteiger partial charge in [0, 0.05) is 7.05 Å². The number of hydrogen-bond donors (Lipinski definition) is 2. The molecule has 1 aromatic carbocycles. The van der Waals surface area contributed by atoms with Gasteiger partial charge in [-0.3, -0.25) is 4.79 Å². The topological polar surface area (TPSA) is 75.0 Å². The number of nitrogens with one attached hydrogen (secondary N) is 1. The van der Waals surface area contributed by atoms with E-state index in [4.69, 9.17) is 5.73 Å². The van der Waals surface area contributed by atoms with Crippen LogP contribution < -0.4 is 5.73 Å². The highest BCUT2D eigenvalue weighted by atomic mass is 16.2. The fourth-order valence-electron chi connectivity index (χ4n) is 1.55. The molecular formula is C11H14N4O. The van der Waals surface area contributed by atoms with Crippen molar-refractivity contribution in [3.8, 4) is 0 Å². The zero-order chi connectivity index (χ0) is 11.5. The lowest BCUT2D eigenvalue weighted by Crippen LogP contribution is -2.32. The number of amides is 1. The van der Waals surface area contributed by atoms with Crippen LogP contribution in [0.3, 0.4) is 0 Å². The molecule has 3 N–H and O–H groups in total. The summed E-state index contributed by atoms with van der Waals surface area (Å²) in [6, 6.07) is 7.76. The first-order valence-electron chi connectivity index (χ1n) is 5.08. The lowest BCUT2D eigenvalue weighted by atomic mass is 10.3. The highest BCUT2D eigenvalue weighted by Gasteiger charge is 2.09. The molecule has 0 saturated heterocycles. The van der Waals surface area contributed by atoms with Crippen LogP contribution in [0.2, 0.25) is 0 Å². The standard InChI is InChI=1S/C11H14N4O/c1-15(11(16)6-12)7-10-13-8-4-2-3-5-9(8)14-10/h2-5H,6-7,12H2,1H3,(H,13,14). The van der Waals surface area contributed by atoms with E-state index in [-0.39, 0.29) is 12.5 Å². The summed E-state index contributed by atoms with van der Waals surface area (Å²) in [5.74, 6) is 0.672. The Hall–Kier alpha value is -1.88. The number of benzene rings is 1. The third-order valence-corrected chi connectivity index (χ3v) is 2.43. The molecule has 2 aromatic rings. The van der Waals surface area contributed by atoms with Gasteiger partial charge in [0.25, 0.3) is 0 Å². The average Bonchev–Trinajstić information content (AvgIpc) is 2.69. The molecule has 0 radical (unpaired) electrons. The van der Waals surface area contributed by atoms with Gasteiger partial charge in [-0.05, 0) is 12.1 Å². The number of para-hydroxylation sites is 2. The SMILES string of the molecule is CN(Cc1nc2ccccc2[nH]1)C(=O)CN. The third kappa shape index (κ3) is 2.04. The van der Waals surface area contributed by atoms with Crippen LogP contribution in [0.15, 0.2) is 24.3 Å². The number of aromatic nitrogens is 2. The van der Waals surface area contributed by atoms with E-state index in [1.54, 1.807) is 11.9 Å². The first-order chi connectivity index (χ1) is 7.70. The van der Waals surface area contributed by atoms with Gasteiger partial charge in [-0.2, -0.15) is 0 Å². The normalized spacial score (nSPS) is 10.6. The Balaban J connectivity index is 2.18. The molecule has 0 aliphatic heterocycles. The van der Waals surface area contributed by atoms with Gasteiger partial charge in [-0.1, -0.05) is 12.1 Å². The Kier molecular flexibility index (Phi) is 2.87. The molecule has 0 unspecified atom stereocenters. The highest BCUT2D eigenvalue weighted by Crippen LogP contribution is 2.11. The number of carbonyl (C=O) groups excluding carboxylic acids is 1. The molecule has 0 atom stereocenters. The summed E-state index contributed by atoms with van der Waals surface area (Å²) in [5.41, 5.74) is 7.17. The lowest BCUT2D eigenvalue weighted by molar-refractivity contribution is -0.128. The number of H-pyrrole nitrogens is 1. The Bertz CT molecular complexity index is 472. The van der Waals surface area contributed by atoms with E-state index < -0.39 is 0 Å². The number of nitrogens with two attached hydrogens (primary N) is 1. The van der Waals surface area contributed by atoms with Crippen LogP contribution >= 0.6 is 0 Å². The minimum Gasteiger partial charge on any atom is -0.340 e. The van der Waals surface area contributed by atoms with Gasteiger partial charge in [-0.15, -0.1) is 0 Å². The number of hydrogen-bond acceptors (Lipinski definition) is 3. The van der Waals surface area contributed by atoms with Crippen LogP contribution in [-0.2, 0) is 11.3 Å². The van der Waals surface area contributed by atoms with Crippen molar-refractivity contribution in [2.45, 2.75) is 6.54 Å². The van der Waals surface area contributed by atoms with E-state index in [1.165, 1.54) is 0 Å². The van der Waals surface area contributed by atoms with Gasteiger partial charge in [0.15, 0.2) is 0 Å². The fraction of sp³-hybridized carbons (Fsp3) is 0.273. The average molecular weight is 218 g/mol. The Morgan fingerprint density at radius 3 is 2.94 bits per heavy atom. The van der Waals surface area contributed by atoms with Crippen LogP contribution in [-0.4, -0.2) is 34.4 Å². The number of rotatable bonds is 3. The molecule has 0 aliphatic carbocycles. The summed E-state index contributed by atoms with van der Waals surface area (Å²) in [4.78, 5) is 20.4. The zero-order valence-corrected chi connectivity index (χ0v) is 9.10. The van der Waals surface area contributed by atoms with E-state index in [0.29, 0.717) is 6.54 Å². The summed E-state index contributed by atoms with van der Waals surface area (Å²) >= 11 is 0. The molecule has 0 spiro atoms. The summed E-state index contributed by atoms with van der Waals surface area (Å²) in [5, 5.41) is 0. The molecule has 0 aliphatic rings. The number of nitrogens with zero attached hydrogens (tertiary/aromatic N) is 2. The van der Waals surface area contributed by atoms with Gasteiger partial charge in [0.2, 0.25) is 5.91 Å². The molecule has 1 amide bonds. The number of aromatic amines is 1. The summed E-state index contributed by atoms with van der Waals surface area (Å²) < 4.78 is 0. The quantitative estimate of drug-likeness (QED) is 0.786. The molecule has 1 aromatic heterocycles. The second-order valence-corrected chi connectivity index (χ2v) is 3.65. The molecule has 5 nitrogen and oxygen atoms in total. The van der Waals surface area contributed by atoms with Crippen molar-refractivity contribution < 1.29 is 4.79 Å². The predicted octanol–water partition coefficient (Wildman–Crippen LogP) is 0.480. The van der Waals surface area contributed by atoms with Gasteiger partial charge in [0.1, 0.15) is 5.82 Å². The smallest absolute Gasteiger partial charge is 0.236 e. The summed E-state index contributed by atoms with van der Waals surface area (Å²) in [6.07, 6.45) is 0. The largest absolute Gasteiger partial charge is 0.340 e. The molecule has 0 fully saturated rings. The van der Waals surface area contributed by atoms with Crippen LogP contribution in [0.1, 0.15) is 5.82 Å². The Morgan fingerprint density at radius 2 is 2.25 bits per heavy atom. The van der Waals surface area contributed by atoms with E-state index in [0.717, 1.165) is 16.9 Å². The van der Waals surface area contributed by atoms with Crippen molar-refractivity contribution in [1.82, 2.24) is 14.9 Å². The molecule has 84 valence electrons. The molecule has 2 rings (SSSR count). The van der Waals surface area contributed by atoms with Crippen molar-refractivity contribution in [3.63, 3.8) is 0 Å². The highest BCUT2D eigenvalue weighted by molar-refractivity contribution is 5.78. The van der Waals surface area contributed by atoms with Gasteiger partial charge in [-0.25, -0.2) is 4.98 Å². The van der Waals surface area contributed by atoms with Gasteiger partial charge >= 0.3 is 0 Å². The lowest BCUT2D eigenvalue weighted by Gasteiger charge is -2.13. The van der Waals surface area contributed by atoms with E-state index >= 15 is 0 Å². The number of carbonyl (C=O) groups is 1. The summed E-state index contributed by atoms with van der Waals surface area (Å²) in [6.45, 7) is 0.474. The predicted molar refractivity (Wildman–Crippen MR) is 61.6 cm³/mol. The molecule has 1 heterocycles. The maximum absolute atomic E-state index is 11.3. The molecule has 0 saturated carbocycles. The van der Waals surface area contributed by atoms with Gasteiger partial charge < -0.3 is 15.6 Å².